The zero-order chi connectivity index (χ0) is 14.4. The maximum Gasteiger partial charge on any atom is 0.338 e. The Labute approximate surface area is 117 Å². The van der Waals surface area contributed by atoms with Gasteiger partial charge in [-0.05, 0) is 23.8 Å². The molecule has 0 spiro atoms. The van der Waals surface area contributed by atoms with Gasteiger partial charge < -0.3 is 4.74 Å². The second-order valence-corrected chi connectivity index (χ2v) is 4.21. The fourth-order valence-corrected chi connectivity index (χ4v) is 2.12. The summed E-state index contributed by atoms with van der Waals surface area (Å²) in [5.41, 5.74) is 4.59. The van der Waals surface area contributed by atoms with Gasteiger partial charge in [-0.1, -0.05) is 30.3 Å². The highest BCUT2D eigenvalue weighted by molar-refractivity contribution is 6.05. The van der Waals surface area contributed by atoms with Crippen LogP contribution in [0.2, 0.25) is 0 Å². The standard InChI is InChI=1S/C15H17N3O2/c1-3-20-15(19)14-9-5-7-12-11(10-17-18-16-2)6-4-8-13(12)14/h4-9H,3,10H2,1-2H3,(H,16,17)/p+1. The summed E-state index contributed by atoms with van der Waals surface area (Å²) in [5.74, 6) is -0.289. The molecule has 0 bridgehead atoms. The molecule has 0 saturated heterocycles. The quantitative estimate of drug-likeness (QED) is 0.488. The van der Waals surface area contributed by atoms with Gasteiger partial charge in [0.1, 0.15) is 6.54 Å². The Hall–Kier alpha value is -2.43. The van der Waals surface area contributed by atoms with Gasteiger partial charge in [-0.3, -0.25) is 0 Å². The van der Waals surface area contributed by atoms with Crippen LogP contribution in [-0.2, 0) is 11.3 Å². The average Bonchev–Trinajstić information content (AvgIpc) is 2.47. The number of esters is 1. The van der Waals surface area contributed by atoms with E-state index in [9.17, 15) is 4.79 Å². The number of carbonyl (C=O) groups excluding carboxylic acids is 1. The van der Waals surface area contributed by atoms with Crippen LogP contribution in [-0.4, -0.2) is 19.6 Å². The van der Waals surface area contributed by atoms with Gasteiger partial charge in [-0.25, -0.2) is 4.79 Å². The molecule has 20 heavy (non-hydrogen) atoms. The van der Waals surface area contributed by atoms with Gasteiger partial charge in [0.25, 0.3) is 0 Å². The van der Waals surface area contributed by atoms with E-state index in [1.165, 1.54) is 0 Å². The Bertz CT molecular complexity index is 638. The molecule has 0 radical (unpaired) electrons. The smallest absolute Gasteiger partial charge is 0.338 e. The minimum Gasteiger partial charge on any atom is -0.462 e. The largest absolute Gasteiger partial charge is 0.462 e. The molecule has 5 heteroatoms. The lowest BCUT2D eigenvalue weighted by molar-refractivity contribution is -0.506. The number of carbonyl (C=O) groups is 1. The van der Waals surface area contributed by atoms with Crippen LogP contribution in [0.3, 0.4) is 0 Å². The number of hydrogen-bond acceptors (Lipinski definition) is 3. The summed E-state index contributed by atoms with van der Waals surface area (Å²) < 4.78 is 5.09. The molecular weight excluding hydrogens is 254 g/mol. The van der Waals surface area contributed by atoms with Crippen molar-refractivity contribution in [2.24, 2.45) is 5.22 Å². The molecule has 0 amide bonds. The molecule has 2 aromatic carbocycles. The molecule has 5 nitrogen and oxygen atoms in total. The second-order valence-electron chi connectivity index (χ2n) is 4.21. The van der Waals surface area contributed by atoms with E-state index in [0.717, 1.165) is 16.3 Å². The topological polar surface area (TPSA) is 64.7 Å². The molecule has 2 aromatic rings. The first kappa shape index (κ1) is 14.0. The highest BCUT2D eigenvalue weighted by atomic mass is 16.5. The van der Waals surface area contributed by atoms with Crippen molar-refractivity contribution in [2.75, 3.05) is 13.7 Å². The van der Waals surface area contributed by atoms with Crippen molar-refractivity contribution < 1.29 is 14.6 Å². The molecule has 0 aliphatic heterocycles. The van der Waals surface area contributed by atoms with E-state index in [-0.39, 0.29) is 5.97 Å². The summed E-state index contributed by atoms with van der Waals surface area (Å²) in [4.78, 5) is 12.0. The summed E-state index contributed by atoms with van der Waals surface area (Å²) in [7, 11) is 1.73. The van der Waals surface area contributed by atoms with Gasteiger partial charge in [0, 0.05) is 5.56 Å². The number of hydrogen-bond donors (Lipinski definition) is 2. The van der Waals surface area contributed by atoms with Gasteiger partial charge in [-0.15, -0.1) is 0 Å². The predicted molar refractivity (Wildman–Crippen MR) is 76.1 cm³/mol. The van der Waals surface area contributed by atoms with Crippen molar-refractivity contribution in [2.45, 2.75) is 13.5 Å². The summed E-state index contributed by atoms with van der Waals surface area (Å²) >= 11 is 0. The number of ether oxygens (including phenoxy) is 1. The minimum absolute atomic E-state index is 0.289. The van der Waals surface area contributed by atoms with E-state index >= 15 is 0 Å². The van der Waals surface area contributed by atoms with Crippen LogP contribution in [0.1, 0.15) is 22.8 Å². The van der Waals surface area contributed by atoms with Gasteiger partial charge in [0.05, 0.1) is 24.4 Å². The second kappa shape index (κ2) is 6.65. The van der Waals surface area contributed by atoms with Crippen LogP contribution in [0, 0.1) is 0 Å². The fourth-order valence-electron chi connectivity index (χ4n) is 2.12. The first-order valence-electron chi connectivity index (χ1n) is 6.55. The third-order valence-electron chi connectivity index (χ3n) is 2.97. The Morgan fingerprint density at radius 3 is 2.75 bits per heavy atom. The van der Waals surface area contributed by atoms with E-state index in [1.54, 1.807) is 20.0 Å². The van der Waals surface area contributed by atoms with Crippen LogP contribution < -0.4 is 10.5 Å². The number of rotatable bonds is 5. The Morgan fingerprint density at radius 2 is 2.00 bits per heavy atom. The van der Waals surface area contributed by atoms with E-state index in [1.807, 2.05) is 30.3 Å². The SMILES string of the molecule is CCOC(=O)c1cccc2c(CNN=[NH+]C)cccc12. The van der Waals surface area contributed by atoms with Gasteiger partial charge in [0.15, 0.2) is 0 Å². The minimum atomic E-state index is -0.289. The first-order chi connectivity index (χ1) is 9.77. The lowest BCUT2D eigenvalue weighted by Crippen LogP contribution is -2.61. The van der Waals surface area contributed by atoms with Crippen molar-refractivity contribution in [1.82, 2.24) is 5.43 Å². The Kier molecular flexibility index (Phi) is 4.65. The normalized spacial score (nSPS) is 10.9. The third kappa shape index (κ3) is 2.93. The average molecular weight is 272 g/mol. The van der Waals surface area contributed by atoms with E-state index in [2.05, 4.69) is 15.8 Å². The van der Waals surface area contributed by atoms with Crippen LogP contribution >= 0.6 is 0 Å². The molecule has 0 aliphatic rings. The van der Waals surface area contributed by atoms with E-state index in [0.29, 0.717) is 18.7 Å². The monoisotopic (exact) mass is 272 g/mol. The number of nitrogens with zero attached hydrogens (tertiary/aromatic N) is 1. The van der Waals surface area contributed by atoms with Crippen molar-refractivity contribution in [3.05, 3.63) is 47.5 Å². The number of benzene rings is 2. The molecule has 0 atom stereocenters. The zero-order valence-corrected chi connectivity index (χ0v) is 11.6. The van der Waals surface area contributed by atoms with Gasteiger partial charge >= 0.3 is 5.97 Å². The van der Waals surface area contributed by atoms with Crippen LogP contribution in [0.5, 0.6) is 0 Å². The maximum atomic E-state index is 12.0. The number of fused-ring (bicyclic) bond motifs is 1. The van der Waals surface area contributed by atoms with Crippen molar-refractivity contribution in [3.8, 4) is 0 Å². The Balaban J connectivity index is 2.43. The maximum absolute atomic E-state index is 12.0. The summed E-state index contributed by atoms with van der Waals surface area (Å²) in [6, 6.07) is 11.5. The van der Waals surface area contributed by atoms with E-state index < -0.39 is 0 Å². The third-order valence-corrected chi connectivity index (χ3v) is 2.97. The summed E-state index contributed by atoms with van der Waals surface area (Å²) in [6.45, 7) is 2.76. The van der Waals surface area contributed by atoms with Crippen LogP contribution in [0.15, 0.2) is 41.6 Å². The predicted octanol–water partition coefficient (Wildman–Crippen LogP) is 1.18. The summed E-state index contributed by atoms with van der Waals surface area (Å²) in [5, 5.41) is 8.46. The molecule has 0 aromatic heterocycles. The first-order valence-corrected chi connectivity index (χ1v) is 6.55. The number of nitrogens with one attached hydrogen (secondary N) is 2. The van der Waals surface area contributed by atoms with Gasteiger partial charge in [-0.2, -0.15) is 10.5 Å². The van der Waals surface area contributed by atoms with Crippen molar-refractivity contribution >= 4 is 16.7 Å². The van der Waals surface area contributed by atoms with Crippen LogP contribution in [0.4, 0.5) is 0 Å². The lowest BCUT2D eigenvalue weighted by atomic mass is 10.00. The molecule has 0 unspecified atom stereocenters. The Morgan fingerprint density at radius 1 is 1.25 bits per heavy atom. The molecule has 2 N–H and O–H groups in total. The molecular formula is C15H18N3O2+. The molecule has 104 valence electrons. The fraction of sp³-hybridized carbons (Fsp3) is 0.267. The molecule has 0 saturated carbocycles. The summed E-state index contributed by atoms with van der Waals surface area (Å²) in [6.07, 6.45) is 0. The molecule has 0 fully saturated rings. The van der Waals surface area contributed by atoms with E-state index in [4.69, 9.17) is 4.74 Å². The highest BCUT2D eigenvalue weighted by Gasteiger charge is 2.12. The van der Waals surface area contributed by atoms with Crippen molar-refractivity contribution in [3.63, 3.8) is 0 Å². The van der Waals surface area contributed by atoms with Crippen molar-refractivity contribution in [1.29, 1.82) is 0 Å². The molecule has 0 aliphatic carbocycles. The highest BCUT2D eigenvalue weighted by Crippen LogP contribution is 2.23. The lowest BCUT2D eigenvalue weighted by Gasteiger charge is -2.08. The molecule has 0 heterocycles. The van der Waals surface area contributed by atoms with Crippen LogP contribution in [0.25, 0.3) is 10.8 Å². The van der Waals surface area contributed by atoms with Gasteiger partial charge in [0.2, 0.25) is 0 Å². The zero-order valence-electron chi connectivity index (χ0n) is 11.6. The molecule has 2 rings (SSSR count).